The third-order valence-corrected chi connectivity index (χ3v) is 4.52. The van der Waals surface area contributed by atoms with Crippen molar-refractivity contribution in [3.05, 3.63) is 53.3 Å². The van der Waals surface area contributed by atoms with Gasteiger partial charge in [-0.1, -0.05) is 38.1 Å². The molecule has 0 bridgehead atoms. The first-order chi connectivity index (χ1) is 12.7. The maximum atomic E-state index is 4.78. The van der Waals surface area contributed by atoms with Crippen LogP contribution < -0.4 is 10.6 Å². The van der Waals surface area contributed by atoms with Crippen LogP contribution in [0.2, 0.25) is 0 Å². The van der Waals surface area contributed by atoms with Crippen LogP contribution >= 0.6 is 24.0 Å². The van der Waals surface area contributed by atoms with Crippen molar-refractivity contribution in [2.75, 3.05) is 19.6 Å². The molecule has 7 heteroatoms. The summed E-state index contributed by atoms with van der Waals surface area (Å²) < 4.78 is 1.87. The van der Waals surface area contributed by atoms with Crippen LogP contribution in [0.25, 0.3) is 0 Å². The quantitative estimate of drug-likeness (QED) is 0.326. The minimum absolute atomic E-state index is 0. The van der Waals surface area contributed by atoms with Crippen LogP contribution in [-0.4, -0.2) is 40.3 Å². The Balaban J connectivity index is 0.00000364. The van der Waals surface area contributed by atoms with Gasteiger partial charge in [0.1, 0.15) is 0 Å². The molecule has 2 aromatic rings. The van der Waals surface area contributed by atoms with Crippen molar-refractivity contribution in [3.63, 3.8) is 0 Å². The molecule has 0 aliphatic rings. The summed E-state index contributed by atoms with van der Waals surface area (Å²) in [4.78, 5) is 7.20. The van der Waals surface area contributed by atoms with Crippen molar-refractivity contribution >= 4 is 29.9 Å². The second-order valence-corrected chi connectivity index (χ2v) is 6.22. The van der Waals surface area contributed by atoms with Gasteiger partial charge >= 0.3 is 0 Å². The zero-order valence-corrected chi connectivity index (χ0v) is 19.2. The standard InChI is InChI=1S/C20H32N6.HI/c1-5-21-20(23-15-19-12-13-24-25(19)4)22-14-17-10-8-9-11-18(17)16-26(6-2)7-3;/h8-13H,5-7,14-16H2,1-4H3,(H2,21,22,23);1H. The summed E-state index contributed by atoms with van der Waals surface area (Å²) in [7, 11) is 1.95. The molecule has 1 aromatic carbocycles. The average molecular weight is 484 g/mol. The Morgan fingerprint density at radius 2 is 1.78 bits per heavy atom. The maximum Gasteiger partial charge on any atom is 0.191 e. The Morgan fingerprint density at radius 3 is 2.37 bits per heavy atom. The molecule has 0 saturated carbocycles. The van der Waals surface area contributed by atoms with Gasteiger partial charge in [-0.15, -0.1) is 24.0 Å². The zero-order valence-electron chi connectivity index (χ0n) is 16.9. The van der Waals surface area contributed by atoms with E-state index in [1.165, 1.54) is 11.1 Å². The van der Waals surface area contributed by atoms with Crippen LogP contribution in [-0.2, 0) is 26.7 Å². The summed E-state index contributed by atoms with van der Waals surface area (Å²) >= 11 is 0. The highest BCUT2D eigenvalue weighted by molar-refractivity contribution is 14.0. The molecule has 2 rings (SSSR count). The monoisotopic (exact) mass is 484 g/mol. The van der Waals surface area contributed by atoms with Gasteiger partial charge in [0.15, 0.2) is 5.96 Å². The van der Waals surface area contributed by atoms with E-state index >= 15 is 0 Å². The van der Waals surface area contributed by atoms with Crippen molar-refractivity contribution in [2.45, 2.75) is 40.4 Å². The van der Waals surface area contributed by atoms with E-state index in [0.29, 0.717) is 13.1 Å². The molecule has 0 unspecified atom stereocenters. The molecule has 2 N–H and O–H groups in total. The van der Waals surface area contributed by atoms with E-state index in [1.807, 2.05) is 24.0 Å². The maximum absolute atomic E-state index is 4.78. The van der Waals surface area contributed by atoms with Crippen LogP contribution in [0, 0.1) is 0 Å². The lowest BCUT2D eigenvalue weighted by Crippen LogP contribution is -2.37. The second-order valence-electron chi connectivity index (χ2n) is 6.22. The molecule has 150 valence electrons. The van der Waals surface area contributed by atoms with Gasteiger partial charge in [0.05, 0.1) is 18.8 Å². The Bertz CT molecular complexity index is 693. The number of rotatable bonds is 9. The minimum atomic E-state index is 0. The van der Waals surface area contributed by atoms with E-state index in [4.69, 9.17) is 4.99 Å². The summed E-state index contributed by atoms with van der Waals surface area (Å²) in [5, 5.41) is 10.9. The normalized spacial score (nSPS) is 11.4. The predicted octanol–water partition coefficient (Wildman–Crippen LogP) is 3.14. The molecule has 1 heterocycles. The van der Waals surface area contributed by atoms with Gasteiger partial charge in [-0.05, 0) is 37.2 Å². The molecule has 0 spiro atoms. The lowest BCUT2D eigenvalue weighted by Gasteiger charge is -2.20. The molecule has 0 fully saturated rings. The van der Waals surface area contributed by atoms with Crippen LogP contribution in [0.3, 0.4) is 0 Å². The van der Waals surface area contributed by atoms with E-state index < -0.39 is 0 Å². The van der Waals surface area contributed by atoms with Gasteiger partial charge < -0.3 is 10.6 Å². The lowest BCUT2D eigenvalue weighted by molar-refractivity contribution is 0.295. The molecule has 0 radical (unpaired) electrons. The molecule has 6 nitrogen and oxygen atoms in total. The first kappa shape index (κ1) is 23.4. The van der Waals surface area contributed by atoms with Crippen molar-refractivity contribution < 1.29 is 0 Å². The fraction of sp³-hybridized carbons (Fsp3) is 0.500. The highest BCUT2D eigenvalue weighted by Gasteiger charge is 2.07. The van der Waals surface area contributed by atoms with Crippen molar-refractivity contribution in [3.8, 4) is 0 Å². The van der Waals surface area contributed by atoms with Crippen molar-refractivity contribution in [2.24, 2.45) is 12.0 Å². The third-order valence-electron chi connectivity index (χ3n) is 4.52. The number of nitrogens with one attached hydrogen (secondary N) is 2. The zero-order chi connectivity index (χ0) is 18.8. The van der Waals surface area contributed by atoms with E-state index in [0.717, 1.165) is 37.8 Å². The van der Waals surface area contributed by atoms with Crippen LogP contribution in [0.5, 0.6) is 0 Å². The molecule has 27 heavy (non-hydrogen) atoms. The number of aryl methyl sites for hydroxylation is 1. The minimum Gasteiger partial charge on any atom is -0.357 e. The van der Waals surface area contributed by atoms with Gasteiger partial charge in [-0.3, -0.25) is 9.58 Å². The molecule has 0 amide bonds. The molecule has 0 atom stereocenters. The Morgan fingerprint density at radius 1 is 1.07 bits per heavy atom. The first-order valence-electron chi connectivity index (χ1n) is 9.46. The van der Waals surface area contributed by atoms with Crippen LogP contribution in [0.15, 0.2) is 41.5 Å². The summed E-state index contributed by atoms with van der Waals surface area (Å²) in [6.07, 6.45) is 1.81. The number of hydrogen-bond donors (Lipinski definition) is 2. The van der Waals surface area contributed by atoms with E-state index in [1.54, 1.807) is 0 Å². The second kappa shape index (κ2) is 12.7. The fourth-order valence-corrected chi connectivity index (χ4v) is 2.81. The Labute approximate surface area is 180 Å². The topological polar surface area (TPSA) is 57.5 Å². The number of halogens is 1. The molecule has 0 aliphatic carbocycles. The summed E-state index contributed by atoms with van der Waals surface area (Å²) in [6.45, 7) is 11.8. The highest BCUT2D eigenvalue weighted by atomic mass is 127. The molecule has 0 aliphatic heterocycles. The van der Waals surface area contributed by atoms with Crippen LogP contribution in [0.4, 0.5) is 0 Å². The van der Waals surface area contributed by atoms with Crippen molar-refractivity contribution in [1.29, 1.82) is 0 Å². The number of aromatic nitrogens is 2. The van der Waals surface area contributed by atoms with Gasteiger partial charge in [0, 0.05) is 26.3 Å². The van der Waals surface area contributed by atoms with Gasteiger partial charge in [0.25, 0.3) is 0 Å². The number of nitrogens with zero attached hydrogens (tertiary/aromatic N) is 4. The molecular formula is C20H33IN6. The van der Waals surface area contributed by atoms with Gasteiger partial charge in [-0.2, -0.15) is 5.10 Å². The first-order valence-corrected chi connectivity index (χ1v) is 9.46. The average Bonchev–Trinajstić information content (AvgIpc) is 3.07. The summed E-state index contributed by atoms with van der Waals surface area (Å²) in [5.74, 6) is 0.825. The number of guanidine groups is 1. The SMILES string of the molecule is CCNC(=NCc1ccccc1CN(CC)CC)NCc1ccnn1C.I. The molecular weight excluding hydrogens is 451 g/mol. The number of hydrogen-bond acceptors (Lipinski definition) is 3. The number of benzene rings is 1. The predicted molar refractivity (Wildman–Crippen MR) is 123 cm³/mol. The highest BCUT2D eigenvalue weighted by Crippen LogP contribution is 2.13. The third kappa shape index (κ3) is 7.50. The van der Waals surface area contributed by atoms with E-state index in [2.05, 4.69) is 65.7 Å². The summed E-state index contributed by atoms with van der Waals surface area (Å²) in [5.41, 5.74) is 3.75. The molecule has 0 saturated heterocycles. The van der Waals surface area contributed by atoms with E-state index in [9.17, 15) is 0 Å². The van der Waals surface area contributed by atoms with E-state index in [-0.39, 0.29) is 24.0 Å². The van der Waals surface area contributed by atoms with Crippen LogP contribution in [0.1, 0.15) is 37.6 Å². The van der Waals surface area contributed by atoms with Crippen molar-refractivity contribution in [1.82, 2.24) is 25.3 Å². The lowest BCUT2D eigenvalue weighted by atomic mass is 10.1. The number of aliphatic imine (C=N–C) groups is 1. The smallest absolute Gasteiger partial charge is 0.191 e. The summed E-state index contributed by atoms with van der Waals surface area (Å²) in [6, 6.07) is 10.6. The molecule has 1 aromatic heterocycles. The Kier molecular flexibility index (Phi) is 11.0. The van der Waals surface area contributed by atoms with Gasteiger partial charge in [0.2, 0.25) is 0 Å². The van der Waals surface area contributed by atoms with Gasteiger partial charge in [-0.25, -0.2) is 4.99 Å². The fourth-order valence-electron chi connectivity index (χ4n) is 2.81. The Hall–Kier alpha value is -1.61. The largest absolute Gasteiger partial charge is 0.357 e.